The lowest BCUT2D eigenvalue weighted by Crippen LogP contribution is -2.19. The van der Waals surface area contributed by atoms with Crippen LogP contribution in [0.1, 0.15) is 36.8 Å². The van der Waals surface area contributed by atoms with Crippen LogP contribution in [0.4, 0.5) is 15.6 Å². The molecule has 3 aromatic rings. The van der Waals surface area contributed by atoms with Crippen LogP contribution in [0.25, 0.3) is 0 Å². The average molecular weight is 417 g/mol. The van der Waals surface area contributed by atoms with Gasteiger partial charge in [0.15, 0.2) is 5.01 Å². The van der Waals surface area contributed by atoms with Crippen molar-refractivity contribution in [1.29, 1.82) is 0 Å². The number of benzene rings is 2. The molecule has 0 radical (unpaired) electrons. The van der Waals surface area contributed by atoms with E-state index in [1.165, 1.54) is 16.9 Å². The highest BCUT2D eigenvalue weighted by Gasteiger charge is 2.10. The number of nitrogens with zero attached hydrogens (tertiary/aromatic N) is 2. The van der Waals surface area contributed by atoms with Crippen LogP contribution in [0.15, 0.2) is 48.5 Å². The van der Waals surface area contributed by atoms with Gasteiger partial charge in [-0.2, -0.15) is 0 Å². The van der Waals surface area contributed by atoms with Crippen LogP contribution in [0.5, 0.6) is 5.75 Å². The fraction of sp³-hybridized carbons (Fsp3) is 0.250. The van der Waals surface area contributed by atoms with Gasteiger partial charge in [0.05, 0.1) is 0 Å². The lowest BCUT2D eigenvalue weighted by atomic mass is 9.99. The number of carbonyl (C=O) groups is 1. The summed E-state index contributed by atoms with van der Waals surface area (Å²) in [7, 11) is 0. The molecule has 1 heterocycles. The summed E-state index contributed by atoms with van der Waals surface area (Å²) in [5, 5.41) is 15.0. The molecular formula is C20H21ClN4O2S. The summed E-state index contributed by atoms with van der Waals surface area (Å²) in [6.45, 7) is 4.66. The van der Waals surface area contributed by atoms with Crippen LogP contribution >= 0.6 is 22.9 Å². The molecule has 28 heavy (non-hydrogen) atoms. The van der Waals surface area contributed by atoms with Crippen molar-refractivity contribution in [1.82, 2.24) is 10.2 Å². The Morgan fingerprint density at radius 1 is 1.18 bits per heavy atom. The standard InChI is InChI=1S/C20H21ClN4O2S/c1-3-13(2)14-7-9-17(10-8-14)27-12-18-24-25-20(28-18)23-19(26)22-16-6-4-5-15(21)11-16/h4-11,13H,3,12H2,1-2H3,(H2,22,23,25,26). The van der Waals surface area contributed by atoms with E-state index in [1.54, 1.807) is 24.3 Å². The first-order valence-corrected chi connectivity index (χ1v) is 10.1. The van der Waals surface area contributed by atoms with E-state index < -0.39 is 6.03 Å². The zero-order valence-electron chi connectivity index (χ0n) is 15.6. The largest absolute Gasteiger partial charge is 0.486 e. The summed E-state index contributed by atoms with van der Waals surface area (Å²) in [5.74, 6) is 1.30. The molecule has 0 bridgehead atoms. The normalized spacial score (nSPS) is 11.7. The van der Waals surface area contributed by atoms with E-state index in [2.05, 4.69) is 46.8 Å². The van der Waals surface area contributed by atoms with Gasteiger partial charge in [0.1, 0.15) is 12.4 Å². The van der Waals surface area contributed by atoms with Gasteiger partial charge < -0.3 is 10.1 Å². The molecule has 2 aromatic carbocycles. The van der Waals surface area contributed by atoms with Gasteiger partial charge in [-0.05, 0) is 48.2 Å². The Balaban J connectivity index is 1.50. The number of carbonyl (C=O) groups excluding carboxylic acids is 1. The Morgan fingerprint density at radius 3 is 2.68 bits per heavy atom. The van der Waals surface area contributed by atoms with E-state index in [0.717, 1.165) is 12.2 Å². The molecular weight excluding hydrogens is 396 g/mol. The van der Waals surface area contributed by atoms with Gasteiger partial charge in [-0.25, -0.2) is 4.79 Å². The zero-order valence-corrected chi connectivity index (χ0v) is 17.2. The summed E-state index contributed by atoms with van der Waals surface area (Å²) in [4.78, 5) is 12.0. The number of anilines is 2. The minimum atomic E-state index is -0.411. The van der Waals surface area contributed by atoms with Gasteiger partial charge >= 0.3 is 6.03 Å². The molecule has 0 aliphatic rings. The Hall–Kier alpha value is -2.64. The maximum Gasteiger partial charge on any atom is 0.325 e. The summed E-state index contributed by atoms with van der Waals surface area (Å²) >= 11 is 7.16. The molecule has 2 N–H and O–H groups in total. The summed E-state index contributed by atoms with van der Waals surface area (Å²) < 4.78 is 5.75. The second-order valence-electron chi connectivity index (χ2n) is 6.26. The van der Waals surface area contributed by atoms with Crippen molar-refractivity contribution in [3.63, 3.8) is 0 Å². The highest BCUT2D eigenvalue weighted by Crippen LogP contribution is 2.23. The van der Waals surface area contributed by atoms with Gasteiger partial charge in [0, 0.05) is 10.7 Å². The first-order chi connectivity index (χ1) is 13.5. The number of hydrogen-bond acceptors (Lipinski definition) is 5. The number of urea groups is 1. The number of nitrogens with one attached hydrogen (secondary N) is 2. The van der Waals surface area contributed by atoms with E-state index in [4.69, 9.17) is 16.3 Å². The number of rotatable bonds is 7. The molecule has 2 amide bonds. The number of hydrogen-bond donors (Lipinski definition) is 2. The van der Waals surface area contributed by atoms with Crippen LogP contribution in [-0.2, 0) is 6.61 Å². The predicted octanol–water partition coefficient (Wildman–Crippen LogP) is 5.93. The molecule has 0 aliphatic heterocycles. The molecule has 0 saturated carbocycles. The molecule has 1 unspecified atom stereocenters. The third-order valence-corrected chi connectivity index (χ3v) is 5.24. The van der Waals surface area contributed by atoms with Crippen molar-refractivity contribution in [2.75, 3.05) is 10.6 Å². The Kier molecular flexibility index (Phi) is 6.84. The van der Waals surface area contributed by atoms with Crippen LogP contribution in [-0.4, -0.2) is 16.2 Å². The topological polar surface area (TPSA) is 76.1 Å². The summed E-state index contributed by atoms with van der Waals surface area (Å²) in [5.41, 5.74) is 1.89. The predicted molar refractivity (Wildman–Crippen MR) is 113 cm³/mol. The van der Waals surface area contributed by atoms with E-state index >= 15 is 0 Å². The summed E-state index contributed by atoms with van der Waals surface area (Å²) in [6, 6.07) is 14.6. The molecule has 0 aliphatic carbocycles. The van der Waals surface area contributed by atoms with Crippen molar-refractivity contribution < 1.29 is 9.53 Å². The fourth-order valence-electron chi connectivity index (χ4n) is 2.46. The first kappa shape index (κ1) is 20.1. The van der Waals surface area contributed by atoms with Crippen LogP contribution in [0.2, 0.25) is 5.02 Å². The molecule has 0 fully saturated rings. The summed E-state index contributed by atoms with van der Waals surface area (Å²) in [6.07, 6.45) is 1.10. The highest BCUT2D eigenvalue weighted by molar-refractivity contribution is 7.15. The third-order valence-electron chi connectivity index (χ3n) is 4.19. The van der Waals surface area contributed by atoms with Gasteiger partial charge in [-0.15, -0.1) is 10.2 Å². The van der Waals surface area contributed by atoms with Crippen LogP contribution in [0, 0.1) is 0 Å². The molecule has 6 nitrogen and oxygen atoms in total. The Bertz CT molecular complexity index is 930. The minimum absolute atomic E-state index is 0.290. The zero-order chi connectivity index (χ0) is 19.9. The molecule has 1 atom stereocenters. The van der Waals surface area contributed by atoms with Gasteiger partial charge in [0.2, 0.25) is 5.13 Å². The second-order valence-corrected chi connectivity index (χ2v) is 7.76. The number of amides is 2. The van der Waals surface area contributed by atoms with Crippen molar-refractivity contribution in [2.24, 2.45) is 0 Å². The van der Waals surface area contributed by atoms with Crippen molar-refractivity contribution in [3.8, 4) is 5.75 Å². The van der Waals surface area contributed by atoms with Gasteiger partial charge in [0.25, 0.3) is 0 Å². The van der Waals surface area contributed by atoms with Gasteiger partial charge in [-0.1, -0.05) is 55.0 Å². The van der Waals surface area contributed by atoms with E-state index in [1.807, 2.05) is 12.1 Å². The van der Waals surface area contributed by atoms with E-state index in [-0.39, 0.29) is 6.61 Å². The fourth-order valence-corrected chi connectivity index (χ4v) is 3.30. The van der Waals surface area contributed by atoms with Crippen molar-refractivity contribution in [2.45, 2.75) is 32.8 Å². The number of aromatic nitrogens is 2. The van der Waals surface area contributed by atoms with Crippen LogP contribution in [0.3, 0.4) is 0 Å². The maximum atomic E-state index is 12.0. The quantitative estimate of drug-likeness (QED) is 0.500. The first-order valence-electron chi connectivity index (χ1n) is 8.92. The lowest BCUT2D eigenvalue weighted by Gasteiger charge is -2.10. The Labute approximate surface area is 172 Å². The molecule has 0 saturated heterocycles. The molecule has 0 spiro atoms. The molecule has 8 heteroatoms. The molecule has 3 rings (SSSR count). The van der Waals surface area contributed by atoms with Crippen LogP contribution < -0.4 is 15.4 Å². The van der Waals surface area contributed by atoms with E-state index in [9.17, 15) is 4.79 Å². The third kappa shape index (κ3) is 5.68. The SMILES string of the molecule is CCC(C)c1ccc(OCc2nnc(NC(=O)Nc3cccc(Cl)c3)s2)cc1. The second kappa shape index (κ2) is 9.52. The maximum absolute atomic E-state index is 12.0. The Morgan fingerprint density at radius 2 is 1.96 bits per heavy atom. The van der Waals surface area contributed by atoms with Gasteiger partial charge in [-0.3, -0.25) is 5.32 Å². The highest BCUT2D eigenvalue weighted by atomic mass is 35.5. The molecule has 1 aromatic heterocycles. The van der Waals surface area contributed by atoms with E-state index in [0.29, 0.717) is 26.8 Å². The number of ether oxygens (including phenoxy) is 1. The van der Waals surface area contributed by atoms with Crippen molar-refractivity contribution in [3.05, 3.63) is 64.1 Å². The molecule has 146 valence electrons. The van der Waals surface area contributed by atoms with Crippen molar-refractivity contribution >= 4 is 39.8 Å². The average Bonchev–Trinajstić information content (AvgIpc) is 3.13. The number of halogens is 1. The minimum Gasteiger partial charge on any atom is -0.486 e. The monoisotopic (exact) mass is 416 g/mol. The smallest absolute Gasteiger partial charge is 0.325 e. The lowest BCUT2D eigenvalue weighted by molar-refractivity contribution is 0.262.